The highest BCUT2D eigenvalue weighted by atomic mass is 32.2. The van der Waals surface area contributed by atoms with E-state index in [0.717, 1.165) is 31.2 Å². The van der Waals surface area contributed by atoms with Crippen molar-refractivity contribution in [3.8, 4) is 0 Å². The Labute approximate surface area is 185 Å². The van der Waals surface area contributed by atoms with E-state index >= 15 is 0 Å². The Morgan fingerprint density at radius 1 is 1.26 bits per heavy atom. The van der Waals surface area contributed by atoms with Crippen molar-refractivity contribution in [1.29, 1.82) is 0 Å². The van der Waals surface area contributed by atoms with E-state index < -0.39 is 0 Å². The number of aryl methyl sites for hydroxylation is 1. The number of aromatic nitrogens is 4. The van der Waals surface area contributed by atoms with Crippen LogP contribution in [0.2, 0.25) is 0 Å². The molecule has 4 rings (SSSR count). The van der Waals surface area contributed by atoms with Crippen LogP contribution in [-0.4, -0.2) is 36.9 Å². The molecule has 0 saturated heterocycles. The molecule has 0 aliphatic heterocycles. The van der Waals surface area contributed by atoms with Gasteiger partial charge in [0.2, 0.25) is 11.7 Å². The third-order valence-electron chi connectivity index (χ3n) is 5.71. The quantitative estimate of drug-likeness (QED) is 0.425. The fourth-order valence-electron chi connectivity index (χ4n) is 4.07. The fraction of sp³-hybridized carbons (Fsp3) is 0.478. The van der Waals surface area contributed by atoms with Crippen LogP contribution in [-0.2, 0) is 11.3 Å². The van der Waals surface area contributed by atoms with Crippen LogP contribution in [0.1, 0.15) is 52.4 Å². The van der Waals surface area contributed by atoms with Crippen molar-refractivity contribution in [2.75, 3.05) is 6.54 Å². The number of nitrogens with zero attached hydrogens (tertiary/aromatic N) is 4. The Morgan fingerprint density at radius 2 is 2.10 bits per heavy atom. The van der Waals surface area contributed by atoms with E-state index in [4.69, 9.17) is 0 Å². The van der Waals surface area contributed by atoms with Gasteiger partial charge in [-0.2, -0.15) is 0 Å². The number of benzene rings is 1. The summed E-state index contributed by atoms with van der Waals surface area (Å²) in [6.45, 7) is 5.14. The number of rotatable bonds is 8. The monoisotopic (exact) mass is 439 g/mol. The van der Waals surface area contributed by atoms with Crippen LogP contribution in [0, 0.1) is 0 Å². The number of hydrogen-bond acceptors (Lipinski definition) is 5. The first-order chi connectivity index (χ1) is 15.1. The zero-order valence-corrected chi connectivity index (χ0v) is 19.0. The molecule has 1 aromatic carbocycles. The van der Waals surface area contributed by atoms with Gasteiger partial charge >= 0.3 is 0 Å². The number of para-hydroxylation sites is 1. The molecule has 31 heavy (non-hydrogen) atoms. The SMILES string of the molecule is CCCn1c(=O)c2ccccc2n2c(S[C@@H](C)C(=O)NCCC3=CCCCC3)nnc12. The van der Waals surface area contributed by atoms with E-state index in [-0.39, 0.29) is 16.7 Å². The van der Waals surface area contributed by atoms with E-state index in [1.807, 2.05) is 42.5 Å². The lowest BCUT2D eigenvalue weighted by molar-refractivity contribution is -0.120. The van der Waals surface area contributed by atoms with Crippen molar-refractivity contribution in [3.05, 3.63) is 46.3 Å². The minimum absolute atomic E-state index is 0.00987. The Hall–Kier alpha value is -2.61. The zero-order valence-electron chi connectivity index (χ0n) is 18.1. The van der Waals surface area contributed by atoms with Gasteiger partial charge < -0.3 is 5.32 Å². The molecule has 1 amide bonds. The van der Waals surface area contributed by atoms with E-state index in [2.05, 4.69) is 21.6 Å². The van der Waals surface area contributed by atoms with Gasteiger partial charge in [-0.1, -0.05) is 42.5 Å². The molecule has 164 valence electrons. The van der Waals surface area contributed by atoms with Gasteiger partial charge in [-0.05, 0) is 57.6 Å². The largest absolute Gasteiger partial charge is 0.355 e. The summed E-state index contributed by atoms with van der Waals surface area (Å²) in [5.74, 6) is 0.509. The van der Waals surface area contributed by atoms with Crippen molar-refractivity contribution < 1.29 is 4.79 Å². The van der Waals surface area contributed by atoms with Crippen molar-refractivity contribution in [3.63, 3.8) is 0 Å². The molecular formula is C23H29N5O2S. The van der Waals surface area contributed by atoms with Crippen LogP contribution in [0.15, 0.2) is 45.9 Å². The Balaban J connectivity index is 1.55. The van der Waals surface area contributed by atoms with Crippen LogP contribution in [0.3, 0.4) is 0 Å². The van der Waals surface area contributed by atoms with Gasteiger partial charge in [0, 0.05) is 13.1 Å². The van der Waals surface area contributed by atoms with Crippen LogP contribution < -0.4 is 10.9 Å². The standard InChI is InChI=1S/C23H29N5O2S/c1-3-15-27-21(30)18-11-7-8-12-19(18)28-22(27)25-26-23(28)31-16(2)20(29)24-14-13-17-9-5-4-6-10-17/h7-9,11-12,16H,3-6,10,13-15H2,1-2H3,(H,24,29)/t16-/m0/s1. The Bertz CT molecular complexity index is 1180. The molecule has 0 bridgehead atoms. The molecule has 2 aromatic heterocycles. The summed E-state index contributed by atoms with van der Waals surface area (Å²) in [4.78, 5) is 25.6. The van der Waals surface area contributed by atoms with Gasteiger partial charge in [0.05, 0.1) is 16.2 Å². The van der Waals surface area contributed by atoms with Gasteiger partial charge in [0.15, 0.2) is 5.16 Å². The third-order valence-corrected chi connectivity index (χ3v) is 6.75. The molecule has 0 radical (unpaired) electrons. The summed E-state index contributed by atoms with van der Waals surface area (Å²) in [6, 6.07) is 7.49. The summed E-state index contributed by atoms with van der Waals surface area (Å²) >= 11 is 1.37. The second-order valence-electron chi connectivity index (χ2n) is 8.00. The highest BCUT2D eigenvalue weighted by molar-refractivity contribution is 8.00. The lowest BCUT2D eigenvalue weighted by Crippen LogP contribution is -2.32. The highest BCUT2D eigenvalue weighted by Crippen LogP contribution is 2.25. The molecule has 7 nitrogen and oxygen atoms in total. The number of allylic oxidation sites excluding steroid dienone is 1. The summed E-state index contributed by atoms with van der Waals surface area (Å²) in [7, 11) is 0. The third kappa shape index (κ3) is 4.54. The van der Waals surface area contributed by atoms with Gasteiger partial charge in [0.25, 0.3) is 5.56 Å². The predicted octanol–water partition coefficient (Wildman–Crippen LogP) is 3.94. The van der Waals surface area contributed by atoms with Crippen LogP contribution in [0.4, 0.5) is 0 Å². The molecule has 0 saturated carbocycles. The number of amides is 1. The average molecular weight is 440 g/mol. The fourth-order valence-corrected chi connectivity index (χ4v) is 4.95. The number of nitrogens with one attached hydrogen (secondary N) is 1. The zero-order chi connectivity index (χ0) is 21.8. The van der Waals surface area contributed by atoms with E-state index in [1.54, 1.807) is 4.57 Å². The molecule has 0 spiro atoms. The van der Waals surface area contributed by atoms with Crippen LogP contribution in [0.25, 0.3) is 16.7 Å². The van der Waals surface area contributed by atoms with E-state index in [1.165, 1.54) is 30.2 Å². The Morgan fingerprint density at radius 3 is 2.87 bits per heavy atom. The number of carbonyl (C=O) groups excluding carboxylic acids is 1. The number of thioether (sulfide) groups is 1. The van der Waals surface area contributed by atoms with Gasteiger partial charge in [-0.3, -0.25) is 18.6 Å². The first-order valence-corrected chi connectivity index (χ1v) is 12.0. The minimum Gasteiger partial charge on any atom is -0.355 e. The van der Waals surface area contributed by atoms with Crippen LogP contribution in [0.5, 0.6) is 0 Å². The summed E-state index contributed by atoms with van der Waals surface area (Å²) in [5, 5.41) is 12.6. The molecule has 2 heterocycles. The number of hydrogen-bond donors (Lipinski definition) is 1. The maximum Gasteiger partial charge on any atom is 0.262 e. The molecule has 0 unspecified atom stereocenters. The van der Waals surface area contributed by atoms with Crippen molar-refractivity contribution in [1.82, 2.24) is 24.5 Å². The first kappa shape index (κ1) is 21.6. The molecule has 3 aromatic rings. The molecule has 1 aliphatic carbocycles. The summed E-state index contributed by atoms with van der Waals surface area (Å²) < 4.78 is 3.57. The minimum atomic E-state index is -0.321. The molecule has 1 N–H and O–H groups in total. The molecule has 1 aliphatic rings. The molecule has 1 atom stereocenters. The molecule has 0 fully saturated rings. The van der Waals surface area contributed by atoms with Gasteiger partial charge in [-0.25, -0.2) is 0 Å². The normalized spacial score (nSPS) is 15.2. The van der Waals surface area contributed by atoms with Gasteiger partial charge in [0.1, 0.15) is 0 Å². The van der Waals surface area contributed by atoms with E-state index in [9.17, 15) is 9.59 Å². The topological polar surface area (TPSA) is 81.3 Å². The lowest BCUT2D eigenvalue weighted by Gasteiger charge is -2.15. The second kappa shape index (κ2) is 9.68. The highest BCUT2D eigenvalue weighted by Gasteiger charge is 2.21. The molecule has 8 heteroatoms. The van der Waals surface area contributed by atoms with Gasteiger partial charge in [-0.15, -0.1) is 10.2 Å². The molecular weight excluding hydrogens is 410 g/mol. The van der Waals surface area contributed by atoms with Crippen LogP contribution >= 0.6 is 11.8 Å². The summed E-state index contributed by atoms with van der Waals surface area (Å²) in [5.41, 5.74) is 2.16. The number of carbonyl (C=O) groups is 1. The smallest absolute Gasteiger partial charge is 0.262 e. The average Bonchev–Trinajstić information content (AvgIpc) is 3.20. The van der Waals surface area contributed by atoms with E-state index in [0.29, 0.717) is 29.4 Å². The summed E-state index contributed by atoms with van der Waals surface area (Å²) in [6.07, 6.45) is 8.89. The maximum atomic E-state index is 12.9. The van der Waals surface area contributed by atoms with Crippen molar-refractivity contribution in [2.24, 2.45) is 0 Å². The second-order valence-corrected chi connectivity index (χ2v) is 9.31. The Kier molecular flexibility index (Phi) is 6.75. The maximum absolute atomic E-state index is 12.9. The predicted molar refractivity (Wildman–Crippen MR) is 125 cm³/mol. The first-order valence-electron chi connectivity index (χ1n) is 11.1. The lowest BCUT2D eigenvalue weighted by atomic mass is 9.97. The van der Waals surface area contributed by atoms with Crippen molar-refractivity contribution in [2.45, 2.75) is 69.3 Å². The van der Waals surface area contributed by atoms with Crippen molar-refractivity contribution >= 4 is 34.3 Å². The number of fused-ring (bicyclic) bond motifs is 3.